The van der Waals surface area contributed by atoms with E-state index in [1.807, 2.05) is 6.07 Å². The van der Waals surface area contributed by atoms with E-state index in [1.54, 1.807) is 12.1 Å². The number of benzene rings is 1. The van der Waals surface area contributed by atoms with Crippen LogP contribution in [0.5, 0.6) is 5.75 Å². The molecule has 0 aliphatic carbocycles. The molecule has 0 spiro atoms. The van der Waals surface area contributed by atoms with E-state index in [-0.39, 0.29) is 5.75 Å². The maximum atomic E-state index is 10.4. The first-order valence-corrected chi connectivity index (χ1v) is 6.29. The number of piperidine rings is 1. The number of β-amino-alcohol motifs (C(OH)–C–C–N with tert-alkyl or cyclic N) is 1. The maximum Gasteiger partial charge on any atom is 0.130 e. The predicted molar refractivity (Wildman–Crippen MR) is 66.6 cm³/mol. The standard InChI is InChI=1S/C12H16BrNO2/c13-11-9(3-1-4-10(11)15)7-12(16)5-2-6-14-8-12/h1,3-4,14-16H,2,5-8H2. The number of phenols is 1. The third-order valence-electron chi connectivity index (χ3n) is 3.03. The lowest BCUT2D eigenvalue weighted by Gasteiger charge is -2.33. The van der Waals surface area contributed by atoms with E-state index in [0.29, 0.717) is 17.4 Å². The predicted octanol–water partition coefficient (Wildman–Crippen LogP) is 1.81. The summed E-state index contributed by atoms with van der Waals surface area (Å²) in [6, 6.07) is 5.36. The second kappa shape index (κ2) is 4.73. The molecule has 1 atom stereocenters. The van der Waals surface area contributed by atoms with E-state index >= 15 is 0 Å². The molecular weight excluding hydrogens is 270 g/mol. The first kappa shape index (κ1) is 11.9. The van der Waals surface area contributed by atoms with Crippen LogP contribution in [0.4, 0.5) is 0 Å². The molecule has 1 aromatic carbocycles. The number of halogens is 1. The number of aliphatic hydroxyl groups is 1. The average molecular weight is 286 g/mol. The molecule has 16 heavy (non-hydrogen) atoms. The van der Waals surface area contributed by atoms with Crippen LogP contribution in [0.25, 0.3) is 0 Å². The first-order chi connectivity index (χ1) is 7.61. The van der Waals surface area contributed by atoms with Crippen LogP contribution < -0.4 is 5.32 Å². The summed E-state index contributed by atoms with van der Waals surface area (Å²) in [7, 11) is 0. The van der Waals surface area contributed by atoms with Crippen LogP contribution in [0, 0.1) is 0 Å². The van der Waals surface area contributed by atoms with Gasteiger partial charge in [-0.1, -0.05) is 12.1 Å². The fraction of sp³-hybridized carbons (Fsp3) is 0.500. The van der Waals surface area contributed by atoms with E-state index < -0.39 is 5.60 Å². The quantitative estimate of drug-likeness (QED) is 0.777. The molecule has 1 saturated heterocycles. The Morgan fingerprint density at radius 1 is 1.44 bits per heavy atom. The third kappa shape index (κ3) is 2.56. The van der Waals surface area contributed by atoms with Gasteiger partial charge in [-0.3, -0.25) is 0 Å². The lowest BCUT2D eigenvalue weighted by molar-refractivity contribution is 0.0168. The molecule has 1 fully saturated rings. The number of phenolic OH excluding ortho intramolecular Hbond substituents is 1. The number of hydrogen-bond acceptors (Lipinski definition) is 3. The van der Waals surface area contributed by atoms with Crippen molar-refractivity contribution in [2.45, 2.75) is 24.9 Å². The molecule has 0 amide bonds. The second-order valence-electron chi connectivity index (χ2n) is 4.43. The van der Waals surface area contributed by atoms with Gasteiger partial charge in [0.1, 0.15) is 5.75 Å². The van der Waals surface area contributed by atoms with Crippen LogP contribution in [-0.4, -0.2) is 28.9 Å². The summed E-state index contributed by atoms with van der Waals surface area (Å²) in [5.74, 6) is 0.227. The highest BCUT2D eigenvalue weighted by atomic mass is 79.9. The molecule has 3 N–H and O–H groups in total. The maximum absolute atomic E-state index is 10.4. The van der Waals surface area contributed by atoms with E-state index in [4.69, 9.17) is 0 Å². The molecule has 0 saturated carbocycles. The zero-order valence-electron chi connectivity index (χ0n) is 9.04. The fourth-order valence-corrected chi connectivity index (χ4v) is 2.56. The van der Waals surface area contributed by atoms with Crippen molar-refractivity contribution in [2.24, 2.45) is 0 Å². The van der Waals surface area contributed by atoms with Gasteiger partial charge in [0.15, 0.2) is 0 Å². The molecule has 88 valence electrons. The van der Waals surface area contributed by atoms with Gasteiger partial charge in [-0.2, -0.15) is 0 Å². The molecule has 1 aromatic rings. The summed E-state index contributed by atoms with van der Waals surface area (Å²) in [6.45, 7) is 1.60. The number of rotatable bonds is 2. The van der Waals surface area contributed by atoms with Crippen molar-refractivity contribution in [2.75, 3.05) is 13.1 Å². The highest BCUT2D eigenvalue weighted by Crippen LogP contribution is 2.31. The van der Waals surface area contributed by atoms with Gasteiger partial charge in [0.25, 0.3) is 0 Å². The van der Waals surface area contributed by atoms with E-state index in [9.17, 15) is 10.2 Å². The van der Waals surface area contributed by atoms with Crippen LogP contribution in [0.15, 0.2) is 22.7 Å². The van der Waals surface area contributed by atoms with Crippen molar-refractivity contribution in [3.8, 4) is 5.75 Å². The summed E-state index contributed by atoms with van der Waals surface area (Å²) < 4.78 is 0.689. The normalized spacial score (nSPS) is 25.6. The minimum Gasteiger partial charge on any atom is -0.507 e. The van der Waals surface area contributed by atoms with Crippen LogP contribution in [0.1, 0.15) is 18.4 Å². The Bertz CT molecular complexity index is 375. The van der Waals surface area contributed by atoms with Crippen LogP contribution in [0.2, 0.25) is 0 Å². The SMILES string of the molecule is Oc1cccc(CC2(O)CCCNC2)c1Br. The Balaban J connectivity index is 2.16. The number of aromatic hydroxyl groups is 1. The van der Waals surface area contributed by atoms with Crippen LogP contribution in [0.3, 0.4) is 0 Å². The Morgan fingerprint density at radius 3 is 2.94 bits per heavy atom. The Hall–Kier alpha value is -0.580. The molecule has 1 aliphatic heterocycles. The van der Waals surface area contributed by atoms with Gasteiger partial charge in [0.05, 0.1) is 10.1 Å². The number of hydrogen-bond donors (Lipinski definition) is 3. The molecule has 1 heterocycles. The molecular formula is C12H16BrNO2. The van der Waals surface area contributed by atoms with Crippen molar-refractivity contribution < 1.29 is 10.2 Å². The summed E-state index contributed by atoms with van der Waals surface area (Å²) in [6.07, 6.45) is 2.37. The van der Waals surface area contributed by atoms with Gasteiger partial charge in [-0.25, -0.2) is 0 Å². The molecule has 0 aromatic heterocycles. The summed E-state index contributed by atoms with van der Waals surface area (Å²) in [4.78, 5) is 0. The Morgan fingerprint density at radius 2 is 2.25 bits per heavy atom. The summed E-state index contributed by atoms with van der Waals surface area (Å²) in [5.41, 5.74) is 0.264. The minimum atomic E-state index is -0.686. The van der Waals surface area contributed by atoms with E-state index in [1.165, 1.54) is 0 Å². The number of nitrogens with one attached hydrogen (secondary N) is 1. The van der Waals surface area contributed by atoms with Gasteiger partial charge in [-0.15, -0.1) is 0 Å². The van der Waals surface area contributed by atoms with Crippen molar-refractivity contribution in [1.82, 2.24) is 5.32 Å². The molecule has 1 unspecified atom stereocenters. The lowest BCUT2D eigenvalue weighted by Crippen LogP contribution is -2.47. The van der Waals surface area contributed by atoms with Crippen LogP contribution in [-0.2, 0) is 6.42 Å². The van der Waals surface area contributed by atoms with Gasteiger partial charge in [-0.05, 0) is 46.9 Å². The topological polar surface area (TPSA) is 52.5 Å². The van der Waals surface area contributed by atoms with Gasteiger partial charge in [0.2, 0.25) is 0 Å². The Kier molecular flexibility index (Phi) is 3.52. The lowest BCUT2D eigenvalue weighted by atomic mass is 9.87. The molecule has 3 nitrogen and oxygen atoms in total. The smallest absolute Gasteiger partial charge is 0.130 e. The van der Waals surface area contributed by atoms with Gasteiger partial charge < -0.3 is 15.5 Å². The molecule has 2 rings (SSSR count). The molecule has 4 heteroatoms. The monoisotopic (exact) mass is 285 g/mol. The first-order valence-electron chi connectivity index (χ1n) is 5.50. The van der Waals surface area contributed by atoms with Crippen molar-refractivity contribution >= 4 is 15.9 Å². The zero-order valence-corrected chi connectivity index (χ0v) is 10.6. The highest BCUT2D eigenvalue weighted by molar-refractivity contribution is 9.10. The van der Waals surface area contributed by atoms with Gasteiger partial charge in [0, 0.05) is 13.0 Å². The zero-order chi connectivity index (χ0) is 11.6. The van der Waals surface area contributed by atoms with Gasteiger partial charge >= 0.3 is 0 Å². The second-order valence-corrected chi connectivity index (χ2v) is 5.22. The largest absolute Gasteiger partial charge is 0.507 e. The summed E-state index contributed by atoms with van der Waals surface area (Å²) >= 11 is 3.35. The highest BCUT2D eigenvalue weighted by Gasteiger charge is 2.30. The van der Waals surface area contributed by atoms with Crippen molar-refractivity contribution in [3.63, 3.8) is 0 Å². The van der Waals surface area contributed by atoms with Crippen LogP contribution >= 0.6 is 15.9 Å². The fourth-order valence-electron chi connectivity index (χ4n) is 2.16. The third-order valence-corrected chi connectivity index (χ3v) is 3.94. The van der Waals surface area contributed by atoms with E-state index in [0.717, 1.165) is 24.9 Å². The Labute approximate surface area is 104 Å². The average Bonchev–Trinajstić information content (AvgIpc) is 2.26. The minimum absolute atomic E-state index is 0.227. The molecule has 0 bridgehead atoms. The van der Waals surface area contributed by atoms with Crippen molar-refractivity contribution in [3.05, 3.63) is 28.2 Å². The summed E-state index contributed by atoms with van der Waals surface area (Å²) in [5, 5.41) is 23.1. The van der Waals surface area contributed by atoms with Crippen molar-refractivity contribution in [1.29, 1.82) is 0 Å². The van der Waals surface area contributed by atoms with E-state index in [2.05, 4.69) is 21.2 Å². The molecule has 0 radical (unpaired) electrons. The molecule has 1 aliphatic rings.